The molecule has 0 aromatic heterocycles. The van der Waals surface area contributed by atoms with Gasteiger partial charge >= 0.3 is 5.97 Å². The van der Waals surface area contributed by atoms with Gasteiger partial charge in [-0.3, -0.25) is 9.59 Å². The predicted molar refractivity (Wildman–Crippen MR) is 104 cm³/mol. The van der Waals surface area contributed by atoms with Crippen LogP contribution in [0.2, 0.25) is 5.02 Å². The van der Waals surface area contributed by atoms with Crippen molar-refractivity contribution in [2.24, 2.45) is 5.92 Å². The number of hydrogen-bond acceptors (Lipinski definition) is 4. The van der Waals surface area contributed by atoms with Crippen molar-refractivity contribution >= 4 is 35.1 Å². The van der Waals surface area contributed by atoms with E-state index in [0.29, 0.717) is 16.5 Å². The molecule has 1 atom stereocenters. The number of ether oxygens (including phenoxy) is 1. The van der Waals surface area contributed by atoms with Crippen molar-refractivity contribution in [2.45, 2.75) is 26.8 Å². The molecule has 2 N–H and O–H groups in total. The van der Waals surface area contributed by atoms with Crippen LogP contribution in [-0.2, 0) is 9.59 Å². The molecule has 27 heavy (non-hydrogen) atoms. The summed E-state index contributed by atoms with van der Waals surface area (Å²) in [6.45, 7) is 5.01. The molecular weight excluding hydrogens is 368 g/mol. The van der Waals surface area contributed by atoms with E-state index in [1.807, 2.05) is 0 Å². The number of rotatable bonds is 6. The molecular formula is C20H21ClN2O4. The molecule has 0 spiro atoms. The third-order valence-electron chi connectivity index (χ3n) is 3.72. The molecule has 0 bridgehead atoms. The molecule has 1 unspecified atom stereocenters. The van der Waals surface area contributed by atoms with Crippen molar-refractivity contribution in [3.63, 3.8) is 0 Å². The highest BCUT2D eigenvalue weighted by molar-refractivity contribution is 6.33. The third-order valence-corrected chi connectivity index (χ3v) is 4.05. The average molecular weight is 389 g/mol. The van der Waals surface area contributed by atoms with Crippen LogP contribution in [0.3, 0.4) is 0 Å². The molecule has 0 saturated heterocycles. The van der Waals surface area contributed by atoms with Gasteiger partial charge < -0.3 is 15.4 Å². The minimum Gasteiger partial charge on any atom is -0.425 e. The van der Waals surface area contributed by atoms with Gasteiger partial charge in [-0.1, -0.05) is 37.6 Å². The van der Waals surface area contributed by atoms with Crippen LogP contribution in [0.4, 0.5) is 5.69 Å². The number of anilines is 1. The van der Waals surface area contributed by atoms with Gasteiger partial charge in [0.15, 0.2) is 0 Å². The minimum absolute atomic E-state index is 0.192. The van der Waals surface area contributed by atoms with Gasteiger partial charge in [-0.05, 0) is 42.3 Å². The van der Waals surface area contributed by atoms with Gasteiger partial charge in [-0.2, -0.15) is 0 Å². The third kappa shape index (κ3) is 5.82. The lowest BCUT2D eigenvalue weighted by Crippen LogP contribution is -2.46. The molecule has 0 aliphatic heterocycles. The number of benzene rings is 2. The van der Waals surface area contributed by atoms with Crippen molar-refractivity contribution in [2.75, 3.05) is 5.32 Å². The molecule has 6 nitrogen and oxygen atoms in total. The quantitative estimate of drug-likeness (QED) is 0.584. The summed E-state index contributed by atoms with van der Waals surface area (Å²) in [6.07, 6.45) is 0. The maximum absolute atomic E-state index is 12.5. The van der Waals surface area contributed by atoms with Crippen molar-refractivity contribution < 1.29 is 19.1 Å². The van der Waals surface area contributed by atoms with E-state index in [1.165, 1.54) is 6.92 Å². The van der Waals surface area contributed by atoms with Crippen LogP contribution in [0, 0.1) is 5.92 Å². The Morgan fingerprint density at radius 1 is 1.00 bits per heavy atom. The standard InChI is InChI=1S/C20H21ClN2O4/c1-12(2)18(23-19(25)16-6-4-5-7-17(16)21)20(26)27-15-10-8-14(9-11-15)22-13(3)24/h4-12,18H,1-3H3,(H,22,24)(H,23,25). The van der Waals surface area contributed by atoms with Crippen LogP contribution >= 0.6 is 11.6 Å². The number of nitrogens with one attached hydrogen (secondary N) is 2. The molecule has 2 amide bonds. The topological polar surface area (TPSA) is 84.5 Å². The zero-order chi connectivity index (χ0) is 20.0. The molecule has 0 radical (unpaired) electrons. The van der Waals surface area contributed by atoms with Crippen LogP contribution in [0.25, 0.3) is 0 Å². The highest BCUT2D eigenvalue weighted by Gasteiger charge is 2.27. The molecule has 142 valence electrons. The van der Waals surface area contributed by atoms with E-state index >= 15 is 0 Å². The van der Waals surface area contributed by atoms with Crippen LogP contribution in [-0.4, -0.2) is 23.8 Å². The number of amides is 2. The van der Waals surface area contributed by atoms with Gasteiger partial charge in [-0.15, -0.1) is 0 Å². The summed E-state index contributed by atoms with van der Waals surface area (Å²) in [7, 11) is 0. The largest absolute Gasteiger partial charge is 0.425 e. The number of halogens is 1. The Morgan fingerprint density at radius 2 is 1.63 bits per heavy atom. The normalized spacial score (nSPS) is 11.6. The Morgan fingerprint density at radius 3 is 2.19 bits per heavy atom. The molecule has 0 aliphatic carbocycles. The summed E-state index contributed by atoms with van der Waals surface area (Å²) in [5, 5.41) is 5.61. The first-order valence-corrected chi connectivity index (χ1v) is 8.80. The Balaban J connectivity index is 2.07. The molecule has 0 heterocycles. The van der Waals surface area contributed by atoms with E-state index in [-0.39, 0.29) is 17.4 Å². The zero-order valence-electron chi connectivity index (χ0n) is 15.3. The highest BCUT2D eigenvalue weighted by Crippen LogP contribution is 2.18. The van der Waals surface area contributed by atoms with E-state index in [2.05, 4.69) is 10.6 Å². The fourth-order valence-corrected chi connectivity index (χ4v) is 2.57. The maximum atomic E-state index is 12.5. The molecule has 2 aromatic rings. The van der Waals surface area contributed by atoms with E-state index in [9.17, 15) is 14.4 Å². The summed E-state index contributed by atoms with van der Waals surface area (Å²) in [6, 6.07) is 12.1. The zero-order valence-corrected chi connectivity index (χ0v) is 16.0. The van der Waals surface area contributed by atoms with Crippen molar-refractivity contribution in [3.8, 4) is 5.75 Å². The lowest BCUT2D eigenvalue weighted by atomic mass is 10.0. The number of carbonyl (C=O) groups excluding carboxylic acids is 3. The van der Waals surface area contributed by atoms with Crippen LogP contribution in [0.1, 0.15) is 31.1 Å². The van der Waals surface area contributed by atoms with Crippen LogP contribution in [0.15, 0.2) is 48.5 Å². The Labute approximate surface area is 162 Å². The Kier molecular flexibility index (Phi) is 6.96. The molecule has 0 saturated carbocycles. The van der Waals surface area contributed by atoms with E-state index in [0.717, 1.165) is 0 Å². The summed E-state index contributed by atoms with van der Waals surface area (Å²) < 4.78 is 5.37. The summed E-state index contributed by atoms with van der Waals surface area (Å²) in [5.41, 5.74) is 0.881. The first-order valence-electron chi connectivity index (χ1n) is 8.42. The van der Waals surface area contributed by atoms with Crippen molar-refractivity contribution in [1.82, 2.24) is 5.32 Å². The summed E-state index contributed by atoms with van der Waals surface area (Å²) >= 11 is 6.04. The lowest BCUT2D eigenvalue weighted by Gasteiger charge is -2.21. The molecule has 2 aromatic carbocycles. The molecule has 0 aliphatic rings. The minimum atomic E-state index is -0.844. The van der Waals surface area contributed by atoms with Gasteiger partial charge in [0.1, 0.15) is 11.8 Å². The van der Waals surface area contributed by atoms with Gasteiger partial charge in [0.25, 0.3) is 5.91 Å². The summed E-state index contributed by atoms with van der Waals surface area (Å²) in [5.74, 6) is -1.11. The van der Waals surface area contributed by atoms with E-state index < -0.39 is 17.9 Å². The Hall–Kier alpha value is -2.86. The number of hydrogen-bond donors (Lipinski definition) is 2. The van der Waals surface area contributed by atoms with Gasteiger partial charge in [0.2, 0.25) is 5.91 Å². The van der Waals surface area contributed by atoms with E-state index in [4.69, 9.17) is 16.3 Å². The average Bonchev–Trinajstić information content (AvgIpc) is 2.60. The summed E-state index contributed by atoms with van der Waals surface area (Å²) in [4.78, 5) is 36.0. The second-order valence-electron chi connectivity index (χ2n) is 6.30. The fourth-order valence-electron chi connectivity index (χ4n) is 2.35. The fraction of sp³-hybridized carbons (Fsp3) is 0.250. The first-order chi connectivity index (χ1) is 12.8. The van der Waals surface area contributed by atoms with Crippen LogP contribution < -0.4 is 15.4 Å². The number of carbonyl (C=O) groups is 3. The predicted octanol–water partition coefficient (Wildman–Crippen LogP) is 3.66. The molecule has 2 rings (SSSR count). The highest BCUT2D eigenvalue weighted by atomic mass is 35.5. The second-order valence-corrected chi connectivity index (χ2v) is 6.71. The van der Waals surface area contributed by atoms with Gasteiger partial charge in [-0.25, -0.2) is 4.79 Å². The first kappa shape index (κ1) is 20.5. The maximum Gasteiger partial charge on any atom is 0.334 e. The van der Waals surface area contributed by atoms with Crippen molar-refractivity contribution in [3.05, 3.63) is 59.1 Å². The van der Waals surface area contributed by atoms with Crippen LogP contribution in [0.5, 0.6) is 5.75 Å². The van der Waals surface area contributed by atoms with E-state index in [1.54, 1.807) is 62.4 Å². The monoisotopic (exact) mass is 388 g/mol. The van der Waals surface area contributed by atoms with Gasteiger partial charge in [0, 0.05) is 12.6 Å². The SMILES string of the molecule is CC(=O)Nc1ccc(OC(=O)C(NC(=O)c2ccccc2Cl)C(C)C)cc1. The molecule has 7 heteroatoms. The second kappa shape index (κ2) is 9.19. The van der Waals surface area contributed by atoms with Crippen molar-refractivity contribution in [1.29, 1.82) is 0 Å². The lowest BCUT2D eigenvalue weighted by molar-refractivity contribution is -0.137. The Bertz CT molecular complexity index is 834. The molecule has 0 fully saturated rings. The van der Waals surface area contributed by atoms with Gasteiger partial charge in [0.05, 0.1) is 10.6 Å². The number of esters is 1. The smallest absolute Gasteiger partial charge is 0.334 e.